The van der Waals surface area contributed by atoms with E-state index < -0.39 is 0 Å². The summed E-state index contributed by atoms with van der Waals surface area (Å²) in [6, 6.07) is 14.0. The minimum absolute atomic E-state index is 0.146. The van der Waals surface area contributed by atoms with E-state index in [4.69, 9.17) is 23.9 Å². The van der Waals surface area contributed by atoms with Crippen LogP contribution in [-0.4, -0.2) is 38.9 Å². The first-order chi connectivity index (χ1) is 14.8. The summed E-state index contributed by atoms with van der Waals surface area (Å²) >= 11 is 0. The first-order valence-electron chi connectivity index (χ1n) is 10.3. The summed E-state index contributed by atoms with van der Waals surface area (Å²) in [4.78, 5) is 9.39. The third kappa shape index (κ3) is 3.76. The van der Waals surface area contributed by atoms with E-state index in [2.05, 4.69) is 4.99 Å². The number of rotatable bonds is 6. The Morgan fingerprint density at radius 1 is 1.07 bits per heavy atom. The van der Waals surface area contributed by atoms with Crippen molar-refractivity contribution in [2.45, 2.75) is 31.8 Å². The molecule has 0 aliphatic carbocycles. The number of fused-ring (bicyclic) bond motifs is 2. The van der Waals surface area contributed by atoms with E-state index in [-0.39, 0.29) is 12.3 Å². The molecule has 154 valence electrons. The van der Waals surface area contributed by atoms with Crippen molar-refractivity contribution >= 4 is 11.8 Å². The van der Waals surface area contributed by atoms with E-state index >= 15 is 0 Å². The van der Waals surface area contributed by atoms with Gasteiger partial charge in [0, 0.05) is 36.3 Å². The zero-order chi connectivity index (χ0) is 20.3. The predicted molar refractivity (Wildman–Crippen MR) is 113 cm³/mol. The second kappa shape index (κ2) is 8.42. The highest BCUT2D eigenvalue weighted by Crippen LogP contribution is 2.30. The zero-order valence-electron chi connectivity index (χ0n) is 16.9. The molecule has 0 bridgehead atoms. The van der Waals surface area contributed by atoms with Gasteiger partial charge in [-0.15, -0.1) is 0 Å². The third-order valence-electron chi connectivity index (χ3n) is 5.52. The number of allylic oxidation sites excluding steroid dienone is 1. The van der Waals surface area contributed by atoms with Crippen molar-refractivity contribution in [3.8, 4) is 11.5 Å². The second-order valence-corrected chi connectivity index (χ2v) is 7.47. The summed E-state index contributed by atoms with van der Waals surface area (Å²) < 4.78 is 23.4. The van der Waals surface area contributed by atoms with Crippen LogP contribution in [0.15, 0.2) is 64.2 Å². The van der Waals surface area contributed by atoms with Crippen molar-refractivity contribution in [2.75, 3.05) is 20.3 Å². The number of dihydropyridines is 1. The lowest BCUT2D eigenvalue weighted by Crippen LogP contribution is -2.32. The molecule has 1 atom stereocenters. The smallest absolute Gasteiger partial charge is 0.177 e. The van der Waals surface area contributed by atoms with Gasteiger partial charge in [-0.2, -0.15) is 0 Å². The van der Waals surface area contributed by atoms with E-state index in [1.807, 2.05) is 48.5 Å². The van der Waals surface area contributed by atoms with Crippen molar-refractivity contribution in [1.82, 2.24) is 0 Å². The SMILES string of the molecule is COc1cc2c(cc1OCc1ccccc1)=NC1=CC=NC(OC3CCOCC3)C=21. The Balaban J connectivity index is 1.47. The van der Waals surface area contributed by atoms with Gasteiger partial charge in [0.25, 0.3) is 0 Å². The molecule has 0 radical (unpaired) electrons. The second-order valence-electron chi connectivity index (χ2n) is 7.47. The van der Waals surface area contributed by atoms with Crippen LogP contribution in [-0.2, 0) is 16.1 Å². The molecule has 0 N–H and O–H groups in total. The van der Waals surface area contributed by atoms with Gasteiger partial charge in [-0.05, 0) is 30.5 Å². The van der Waals surface area contributed by atoms with Gasteiger partial charge in [-0.1, -0.05) is 30.3 Å². The molecule has 3 aliphatic rings. The van der Waals surface area contributed by atoms with Crippen LogP contribution in [0.1, 0.15) is 18.4 Å². The van der Waals surface area contributed by atoms with Crippen LogP contribution in [0.5, 0.6) is 11.5 Å². The monoisotopic (exact) mass is 404 g/mol. The summed E-state index contributed by atoms with van der Waals surface area (Å²) in [5.74, 6) is 1.35. The summed E-state index contributed by atoms with van der Waals surface area (Å²) in [5, 5.41) is 1.84. The fourth-order valence-corrected chi connectivity index (χ4v) is 3.94. The molecule has 2 aromatic carbocycles. The fraction of sp³-hybridized carbons (Fsp3) is 0.333. The molecule has 30 heavy (non-hydrogen) atoms. The summed E-state index contributed by atoms with van der Waals surface area (Å²) in [5.41, 5.74) is 2.98. The van der Waals surface area contributed by atoms with E-state index in [1.165, 1.54) is 0 Å². The van der Waals surface area contributed by atoms with E-state index in [0.717, 1.165) is 53.5 Å². The number of aliphatic imine (C=N–C) groups is 1. The number of ether oxygens (including phenoxy) is 4. The first-order valence-corrected chi connectivity index (χ1v) is 10.3. The quantitative estimate of drug-likeness (QED) is 0.742. The van der Waals surface area contributed by atoms with E-state index in [9.17, 15) is 0 Å². The predicted octanol–water partition coefficient (Wildman–Crippen LogP) is 2.55. The molecular weight excluding hydrogens is 380 g/mol. The molecule has 0 saturated carbocycles. The maximum atomic E-state index is 6.32. The summed E-state index contributed by atoms with van der Waals surface area (Å²) in [6.45, 7) is 1.93. The molecule has 1 unspecified atom stereocenters. The van der Waals surface area contributed by atoms with Crippen LogP contribution in [0.2, 0.25) is 0 Å². The van der Waals surface area contributed by atoms with Crippen LogP contribution >= 0.6 is 0 Å². The van der Waals surface area contributed by atoms with Crippen molar-refractivity contribution in [2.24, 2.45) is 9.98 Å². The van der Waals surface area contributed by atoms with E-state index in [1.54, 1.807) is 13.3 Å². The molecule has 2 aromatic rings. The molecule has 5 rings (SSSR count). The largest absolute Gasteiger partial charge is 0.493 e. The molecule has 6 nitrogen and oxygen atoms in total. The molecule has 1 saturated heterocycles. The molecule has 0 spiro atoms. The van der Waals surface area contributed by atoms with Crippen LogP contribution in [0.4, 0.5) is 0 Å². The van der Waals surface area contributed by atoms with Crippen molar-refractivity contribution in [1.29, 1.82) is 0 Å². The average molecular weight is 404 g/mol. The van der Waals surface area contributed by atoms with Gasteiger partial charge in [0.15, 0.2) is 17.7 Å². The minimum Gasteiger partial charge on any atom is -0.493 e. The number of benzene rings is 2. The zero-order valence-corrected chi connectivity index (χ0v) is 16.9. The average Bonchev–Trinajstić information content (AvgIpc) is 3.16. The van der Waals surface area contributed by atoms with Crippen LogP contribution in [0.25, 0.3) is 5.57 Å². The van der Waals surface area contributed by atoms with Crippen molar-refractivity contribution < 1.29 is 18.9 Å². The molecule has 3 heterocycles. The highest BCUT2D eigenvalue weighted by molar-refractivity contribution is 5.85. The lowest BCUT2D eigenvalue weighted by Gasteiger charge is -2.27. The van der Waals surface area contributed by atoms with Crippen LogP contribution in [0.3, 0.4) is 0 Å². The van der Waals surface area contributed by atoms with Gasteiger partial charge in [0.1, 0.15) is 6.61 Å². The first kappa shape index (κ1) is 19.0. The molecule has 0 amide bonds. The van der Waals surface area contributed by atoms with Gasteiger partial charge in [0.05, 0.1) is 24.3 Å². The number of methoxy groups -OCH3 is 1. The highest BCUT2D eigenvalue weighted by atomic mass is 16.5. The van der Waals surface area contributed by atoms with Crippen molar-refractivity contribution in [3.05, 3.63) is 70.4 Å². The Morgan fingerprint density at radius 3 is 2.70 bits per heavy atom. The highest BCUT2D eigenvalue weighted by Gasteiger charge is 2.29. The topological polar surface area (TPSA) is 61.6 Å². The Hall–Kier alpha value is -2.96. The lowest BCUT2D eigenvalue weighted by atomic mass is 10.1. The maximum absolute atomic E-state index is 6.32. The Bertz CT molecular complexity index is 1100. The van der Waals surface area contributed by atoms with Crippen LogP contribution < -0.4 is 20.0 Å². The molecule has 1 fully saturated rings. The summed E-state index contributed by atoms with van der Waals surface area (Å²) in [6.07, 6.45) is 5.26. The molecule has 6 heteroatoms. The number of hydrogen-bond acceptors (Lipinski definition) is 6. The van der Waals surface area contributed by atoms with Gasteiger partial charge in [-0.3, -0.25) is 4.99 Å². The summed E-state index contributed by atoms with van der Waals surface area (Å²) in [7, 11) is 1.65. The van der Waals surface area contributed by atoms with Gasteiger partial charge in [-0.25, -0.2) is 4.99 Å². The number of nitrogens with zero attached hydrogens (tertiary/aromatic N) is 2. The van der Waals surface area contributed by atoms with Gasteiger partial charge in [0.2, 0.25) is 0 Å². The van der Waals surface area contributed by atoms with Crippen LogP contribution in [0, 0.1) is 0 Å². The van der Waals surface area contributed by atoms with E-state index in [0.29, 0.717) is 18.1 Å². The van der Waals surface area contributed by atoms with Crippen molar-refractivity contribution in [3.63, 3.8) is 0 Å². The normalized spacial score (nSPS) is 20.2. The van der Waals surface area contributed by atoms with Gasteiger partial charge < -0.3 is 18.9 Å². The Morgan fingerprint density at radius 2 is 1.90 bits per heavy atom. The molecule has 3 aliphatic heterocycles. The fourth-order valence-electron chi connectivity index (χ4n) is 3.94. The molecular formula is C24H24N2O4. The standard InChI is InChI=1S/C24H24N2O4/c1-27-21-13-18-20(14-22(21)29-15-16-5-3-2-4-6-16)26-19-7-10-25-24(23(18)19)30-17-8-11-28-12-9-17/h2-7,10,13-14,17,24H,8-9,11-12,15H2,1H3. The number of hydrogen-bond donors (Lipinski definition) is 0. The molecule has 0 aromatic heterocycles. The maximum Gasteiger partial charge on any atom is 0.177 e. The Labute approximate surface area is 175 Å². The van der Waals surface area contributed by atoms with Gasteiger partial charge >= 0.3 is 0 Å². The third-order valence-corrected chi connectivity index (χ3v) is 5.52. The minimum atomic E-state index is -0.362. The Kier molecular flexibility index (Phi) is 5.34. The lowest BCUT2D eigenvalue weighted by molar-refractivity contribution is -0.0479.